The Morgan fingerprint density at radius 2 is 0.679 bits per heavy atom. The Labute approximate surface area is 347 Å². The van der Waals surface area contributed by atoms with Crippen molar-refractivity contribution < 1.29 is 28.6 Å². The third kappa shape index (κ3) is 43.0. The first-order valence-electron chi connectivity index (χ1n) is 24.3. The molecule has 0 N–H and O–H groups in total. The van der Waals surface area contributed by atoms with Gasteiger partial charge >= 0.3 is 17.9 Å². The lowest BCUT2D eigenvalue weighted by molar-refractivity contribution is -0.167. The molecule has 0 saturated carbocycles. The molecule has 0 amide bonds. The van der Waals surface area contributed by atoms with E-state index >= 15 is 0 Å². The molecule has 56 heavy (non-hydrogen) atoms. The molecular formula is C50H92O6. The smallest absolute Gasteiger partial charge is 0.306 e. The van der Waals surface area contributed by atoms with Crippen molar-refractivity contribution >= 4 is 17.9 Å². The fraction of sp³-hybridized carbons (Fsp3) is 0.860. The highest BCUT2D eigenvalue weighted by molar-refractivity contribution is 5.71. The molecule has 6 nitrogen and oxygen atoms in total. The Kier molecular flexibility index (Phi) is 43.9. The molecule has 0 aromatic heterocycles. The number of hydrogen-bond donors (Lipinski definition) is 0. The van der Waals surface area contributed by atoms with Crippen LogP contribution in [0.1, 0.15) is 258 Å². The number of allylic oxidation sites excluding steroid dienone is 4. The first-order chi connectivity index (χ1) is 27.5. The Morgan fingerprint density at radius 1 is 0.357 bits per heavy atom. The summed E-state index contributed by atoms with van der Waals surface area (Å²) in [6.45, 7) is 6.52. The third-order valence-corrected chi connectivity index (χ3v) is 10.7. The highest BCUT2D eigenvalue weighted by Crippen LogP contribution is 2.16. The van der Waals surface area contributed by atoms with E-state index in [0.717, 1.165) is 89.9 Å². The number of unbranched alkanes of at least 4 members (excludes halogenated alkanes) is 29. The van der Waals surface area contributed by atoms with Gasteiger partial charge in [0.15, 0.2) is 6.10 Å². The lowest BCUT2D eigenvalue weighted by Crippen LogP contribution is -2.30. The van der Waals surface area contributed by atoms with Crippen LogP contribution in [0.5, 0.6) is 0 Å². The molecule has 0 radical (unpaired) electrons. The summed E-state index contributed by atoms with van der Waals surface area (Å²) in [6.07, 6.45) is 50.4. The van der Waals surface area contributed by atoms with E-state index in [0.29, 0.717) is 19.3 Å². The van der Waals surface area contributed by atoms with E-state index in [4.69, 9.17) is 14.2 Å². The average Bonchev–Trinajstić information content (AvgIpc) is 3.19. The third-order valence-electron chi connectivity index (χ3n) is 10.7. The van der Waals surface area contributed by atoms with Gasteiger partial charge in [-0.15, -0.1) is 0 Å². The zero-order valence-corrected chi connectivity index (χ0v) is 37.4. The van der Waals surface area contributed by atoms with Crippen molar-refractivity contribution in [3.05, 3.63) is 24.3 Å². The lowest BCUT2D eigenvalue weighted by Gasteiger charge is -2.18. The lowest BCUT2D eigenvalue weighted by atomic mass is 10.0. The highest BCUT2D eigenvalue weighted by atomic mass is 16.6. The number of carbonyl (C=O) groups excluding carboxylic acids is 3. The Bertz CT molecular complexity index is 911. The largest absolute Gasteiger partial charge is 0.462 e. The molecule has 0 aliphatic rings. The van der Waals surface area contributed by atoms with Crippen molar-refractivity contribution in [3.63, 3.8) is 0 Å². The summed E-state index contributed by atoms with van der Waals surface area (Å²) in [5.74, 6) is -0.889. The van der Waals surface area contributed by atoms with Gasteiger partial charge in [0.25, 0.3) is 0 Å². The van der Waals surface area contributed by atoms with E-state index in [9.17, 15) is 14.4 Å². The van der Waals surface area contributed by atoms with Gasteiger partial charge < -0.3 is 14.2 Å². The van der Waals surface area contributed by atoms with Crippen LogP contribution in [0.2, 0.25) is 0 Å². The van der Waals surface area contributed by atoms with E-state index in [2.05, 4.69) is 45.1 Å². The van der Waals surface area contributed by atoms with E-state index in [1.807, 2.05) is 0 Å². The maximum Gasteiger partial charge on any atom is 0.306 e. The van der Waals surface area contributed by atoms with Crippen molar-refractivity contribution in [2.75, 3.05) is 13.2 Å². The topological polar surface area (TPSA) is 78.9 Å². The predicted molar refractivity (Wildman–Crippen MR) is 238 cm³/mol. The van der Waals surface area contributed by atoms with Crippen molar-refractivity contribution in [1.29, 1.82) is 0 Å². The molecule has 0 aromatic carbocycles. The molecule has 0 aliphatic carbocycles. The molecule has 0 rings (SSSR count). The molecule has 328 valence electrons. The van der Waals surface area contributed by atoms with Crippen molar-refractivity contribution in [2.24, 2.45) is 0 Å². The predicted octanol–water partition coefficient (Wildman–Crippen LogP) is 15.6. The second kappa shape index (κ2) is 45.6. The first kappa shape index (κ1) is 53.9. The van der Waals surface area contributed by atoms with E-state index in [-0.39, 0.29) is 31.1 Å². The van der Waals surface area contributed by atoms with Gasteiger partial charge in [0, 0.05) is 19.3 Å². The Balaban J connectivity index is 4.17. The second-order valence-electron chi connectivity index (χ2n) is 16.4. The molecular weight excluding hydrogens is 697 g/mol. The van der Waals surface area contributed by atoms with Crippen LogP contribution < -0.4 is 0 Å². The van der Waals surface area contributed by atoms with Gasteiger partial charge in [0.05, 0.1) is 0 Å². The van der Waals surface area contributed by atoms with Crippen LogP contribution >= 0.6 is 0 Å². The zero-order valence-electron chi connectivity index (χ0n) is 37.4. The van der Waals surface area contributed by atoms with Crippen LogP contribution in [-0.2, 0) is 28.6 Å². The molecule has 0 bridgehead atoms. The molecule has 0 spiro atoms. The first-order valence-corrected chi connectivity index (χ1v) is 24.3. The minimum Gasteiger partial charge on any atom is -0.462 e. The summed E-state index contributed by atoms with van der Waals surface area (Å²) in [4.78, 5) is 37.6. The van der Waals surface area contributed by atoms with E-state index in [1.54, 1.807) is 0 Å². The maximum absolute atomic E-state index is 12.7. The summed E-state index contributed by atoms with van der Waals surface area (Å²) in [5.41, 5.74) is 0. The minimum absolute atomic E-state index is 0.0735. The van der Waals surface area contributed by atoms with Crippen LogP contribution in [0.4, 0.5) is 0 Å². The van der Waals surface area contributed by atoms with Gasteiger partial charge in [-0.05, 0) is 44.9 Å². The maximum atomic E-state index is 12.7. The minimum atomic E-state index is -0.770. The number of esters is 3. The van der Waals surface area contributed by atoms with Gasteiger partial charge in [-0.3, -0.25) is 14.4 Å². The average molecular weight is 789 g/mol. The van der Waals surface area contributed by atoms with E-state index < -0.39 is 6.10 Å². The summed E-state index contributed by atoms with van der Waals surface area (Å²) < 4.78 is 16.7. The van der Waals surface area contributed by atoms with Gasteiger partial charge in [0.1, 0.15) is 13.2 Å². The van der Waals surface area contributed by atoms with Crippen LogP contribution in [-0.4, -0.2) is 37.2 Å². The van der Waals surface area contributed by atoms with Crippen LogP contribution in [0.3, 0.4) is 0 Å². The number of carbonyl (C=O) groups is 3. The molecule has 0 aliphatic heterocycles. The summed E-state index contributed by atoms with van der Waals surface area (Å²) in [7, 11) is 0. The number of ether oxygens (including phenoxy) is 3. The molecule has 6 heteroatoms. The summed E-state index contributed by atoms with van der Waals surface area (Å²) in [5, 5.41) is 0. The van der Waals surface area contributed by atoms with Crippen LogP contribution in [0.15, 0.2) is 24.3 Å². The second-order valence-corrected chi connectivity index (χ2v) is 16.4. The molecule has 0 saturated heterocycles. The van der Waals surface area contributed by atoms with Crippen LogP contribution in [0.25, 0.3) is 0 Å². The van der Waals surface area contributed by atoms with Gasteiger partial charge in [0.2, 0.25) is 0 Å². The molecule has 1 atom stereocenters. The van der Waals surface area contributed by atoms with Gasteiger partial charge in [-0.25, -0.2) is 0 Å². The summed E-state index contributed by atoms with van der Waals surface area (Å²) >= 11 is 0. The molecule has 1 unspecified atom stereocenters. The summed E-state index contributed by atoms with van der Waals surface area (Å²) in [6, 6.07) is 0. The normalized spacial score (nSPS) is 12.1. The SMILES string of the molecule is CCC/C=C\C/C=C\CCCCCCCC(=O)OC(COC(=O)CCCCCCCC)COC(=O)CCCCCCCCCCCCCCCCCCCCC. The van der Waals surface area contributed by atoms with E-state index in [1.165, 1.54) is 128 Å². The quantitative estimate of drug-likeness (QED) is 0.0265. The van der Waals surface area contributed by atoms with Gasteiger partial charge in [-0.2, -0.15) is 0 Å². The number of rotatable bonds is 44. The van der Waals surface area contributed by atoms with Crippen molar-refractivity contribution in [3.8, 4) is 0 Å². The fourth-order valence-electron chi connectivity index (χ4n) is 7.01. The standard InChI is InChI=1S/C50H92O6/c1-4-7-10-13-16-18-20-22-23-24-25-26-27-29-30-32-34-37-40-43-49(52)55-46-47(45-54-48(51)42-39-36-15-12-9-6-3)56-50(53)44-41-38-35-33-31-28-21-19-17-14-11-8-5-2/h11,14,19,21,47H,4-10,12-13,15-18,20,22-46H2,1-3H3/b14-11-,21-19-. The van der Waals surface area contributed by atoms with Gasteiger partial charge in [-0.1, -0.05) is 218 Å². The van der Waals surface area contributed by atoms with Crippen molar-refractivity contribution in [2.45, 2.75) is 264 Å². The molecule has 0 aromatic rings. The monoisotopic (exact) mass is 789 g/mol. The van der Waals surface area contributed by atoms with Crippen LogP contribution in [0, 0.1) is 0 Å². The molecule has 0 heterocycles. The number of hydrogen-bond acceptors (Lipinski definition) is 6. The zero-order chi connectivity index (χ0) is 40.8. The van der Waals surface area contributed by atoms with Crippen molar-refractivity contribution in [1.82, 2.24) is 0 Å². The fourth-order valence-corrected chi connectivity index (χ4v) is 7.01. The molecule has 0 fully saturated rings. The highest BCUT2D eigenvalue weighted by Gasteiger charge is 2.19. The Morgan fingerprint density at radius 3 is 1.05 bits per heavy atom. The Hall–Kier alpha value is -2.11.